The van der Waals surface area contributed by atoms with Crippen molar-refractivity contribution in [1.29, 1.82) is 0 Å². The van der Waals surface area contributed by atoms with Gasteiger partial charge >= 0.3 is 0 Å². The molecule has 0 radical (unpaired) electrons. The fraction of sp³-hybridized carbons (Fsp3) is 0.182. The van der Waals surface area contributed by atoms with E-state index >= 15 is 0 Å². The van der Waals surface area contributed by atoms with Gasteiger partial charge in [-0.3, -0.25) is 0 Å². The lowest BCUT2D eigenvalue weighted by Crippen LogP contribution is -1.86. The Balaban J connectivity index is 2.69. The fourth-order valence-electron chi connectivity index (χ4n) is 1.45. The van der Waals surface area contributed by atoms with E-state index in [0.29, 0.717) is 0 Å². The Morgan fingerprint density at radius 3 is 3.00 bits per heavy atom. The van der Waals surface area contributed by atoms with Crippen molar-refractivity contribution >= 4 is 21.4 Å². The first-order valence-electron chi connectivity index (χ1n) is 4.15. The number of nitrogens with zero attached hydrogens (tertiary/aromatic N) is 1. The Labute approximate surface area is 81.5 Å². The Morgan fingerprint density at radius 2 is 2.23 bits per heavy atom. The Hall–Kier alpha value is -1.33. The van der Waals surface area contributed by atoms with Gasteiger partial charge in [0.25, 0.3) is 0 Å². The van der Waals surface area contributed by atoms with Crippen LogP contribution < -0.4 is 0 Å². The van der Waals surface area contributed by atoms with Gasteiger partial charge in [-0.15, -0.1) is 11.3 Å². The number of thiophene rings is 1. The second-order valence-corrected chi connectivity index (χ2v) is 3.93. The highest BCUT2D eigenvalue weighted by Crippen LogP contribution is 2.29. The van der Waals surface area contributed by atoms with Crippen LogP contribution >= 0.6 is 11.3 Å². The molecular formula is C11H9NS. The van der Waals surface area contributed by atoms with Crippen molar-refractivity contribution in [3.8, 4) is 0 Å². The highest BCUT2D eigenvalue weighted by Gasteiger charge is 2.11. The molecule has 0 amide bonds. The molecular weight excluding hydrogens is 178 g/mol. The fourth-order valence-corrected chi connectivity index (χ4v) is 2.27. The summed E-state index contributed by atoms with van der Waals surface area (Å²) in [6, 6.07) is 8.23. The summed E-state index contributed by atoms with van der Waals surface area (Å²) in [5.41, 5.74) is 1.15. The summed E-state index contributed by atoms with van der Waals surface area (Å²) in [5.74, 6) is 0. The summed E-state index contributed by atoms with van der Waals surface area (Å²) in [4.78, 5) is 3.54. The first-order chi connectivity index (χ1) is 6.33. The molecule has 0 aliphatic rings. The molecule has 1 nitrogen and oxygen atoms in total. The maximum absolute atomic E-state index is 7.00. The molecule has 0 fully saturated rings. The highest BCUT2D eigenvalue weighted by atomic mass is 32.1. The monoisotopic (exact) mass is 187 g/mol. The normalized spacial score (nSPS) is 12.6. The lowest BCUT2D eigenvalue weighted by atomic mass is 10.1. The minimum absolute atomic E-state index is 0.0294. The third-order valence-corrected chi connectivity index (χ3v) is 3.06. The third kappa shape index (κ3) is 1.32. The summed E-state index contributed by atoms with van der Waals surface area (Å²) >= 11 is 1.73. The lowest BCUT2D eigenvalue weighted by molar-refractivity contribution is 0.974. The molecule has 0 spiro atoms. The van der Waals surface area contributed by atoms with Gasteiger partial charge < -0.3 is 4.85 Å². The second kappa shape index (κ2) is 3.20. The molecule has 2 aromatic rings. The van der Waals surface area contributed by atoms with Crippen LogP contribution in [-0.4, -0.2) is 0 Å². The number of fused-ring (bicyclic) bond motifs is 1. The molecule has 0 aliphatic carbocycles. The van der Waals surface area contributed by atoms with Crippen molar-refractivity contribution in [3.63, 3.8) is 0 Å². The van der Waals surface area contributed by atoms with Gasteiger partial charge in [0.15, 0.2) is 0 Å². The minimum atomic E-state index is -0.0294. The molecule has 0 bridgehead atoms. The summed E-state index contributed by atoms with van der Waals surface area (Å²) in [6.45, 7) is 8.95. The van der Waals surface area contributed by atoms with Crippen LogP contribution in [0.5, 0.6) is 0 Å². The van der Waals surface area contributed by atoms with Gasteiger partial charge in [0.1, 0.15) is 0 Å². The SMILES string of the molecule is [C-]#[N+]C(C)c1cccc2sccc12. The van der Waals surface area contributed by atoms with Crippen molar-refractivity contribution in [2.75, 3.05) is 0 Å². The first kappa shape index (κ1) is 8.28. The van der Waals surface area contributed by atoms with Gasteiger partial charge in [-0.25, -0.2) is 6.57 Å². The molecule has 1 atom stereocenters. The Morgan fingerprint density at radius 1 is 1.38 bits per heavy atom. The Bertz CT molecular complexity index is 464. The lowest BCUT2D eigenvalue weighted by Gasteiger charge is -2.00. The van der Waals surface area contributed by atoms with Crippen LogP contribution in [0, 0.1) is 6.57 Å². The molecule has 0 saturated carbocycles. The summed E-state index contributed by atoms with van der Waals surface area (Å²) in [7, 11) is 0. The molecule has 2 rings (SSSR count). The van der Waals surface area contributed by atoms with Crippen LogP contribution in [0.25, 0.3) is 14.9 Å². The van der Waals surface area contributed by atoms with Crippen molar-refractivity contribution in [2.24, 2.45) is 0 Å². The molecule has 2 heteroatoms. The van der Waals surface area contributed by atoms with Crippen molar-refractivity contribution < 1.29 is 0 Å². The predicted octanol–water partition coefficient (Wildman–Crippen LogP) is 3.88. The number of hydrogen-bond donors (Lipinski definition) is 0. The van der Waals surface area contributed by atoms with E-state index in [9.17, 15) is 0 Å². The molecule has 1 aromatic heterocycles. The molecule has 64 valence electrons. The third-order valence-electron chi connectivity index (χ3n) is 2.17. The van der Waals surface area contributed by atoms with E-state index in [2.05, 4.69) is 22.4 Å². The van der Waals surface area contributed by atoms with Crippen LogP contribution in [0.15, 0.2) is 29.6 Å². The van der Waals surface area contributed by atoms with Gasteiger partial charge in [-0.1, -0.05) is 12.1 Å². The molecule has 1 aromatic carbocycles. The zero-order valence-corrected chi connectivity index (χ0v) is 8.14. The zero-order valence-electron chi connectivity index (χ0n) is 7.32. The molecule has 13 heavy (non-hydrogen) atoms. The first-order valence-corrected chi connectivity index (χ1v) is 5.03. The smallest absolute Gasteiger partial charge is 0.246 e. The van der Waals surface area contributed by atoms with Crippen LogP contribution in [0.4, 0.5) is 0 Å². The second-order valence-electron chi connectivity index (χ2n) is 2.98. The van der Waals surface area contributed by atoms with E-state index in [1.54, 1.807) is 11.3 Å². The van der Waals surface area contributed by atoms with Crippen LogP contribution in [-0.2, 0) is 0 Å². The average molecular weight is 187 g/mol. The van der Waals surface area contributed by atoms with E-state index in [0.717, 1.165) is 5.56 Å². The molecule has 1 unspecified atom stereocenters. The standard InChI is InChI=1S/C11H9NS/c1-8(12-2)9-4-3-5-11-10(9)6-7-13-11/h3-8H,1H3. The van der Waals surface area contributed by atoms with Crippen molar-refractivity contribution in [1.82, 2.24) is 0 Å². The van der Waals surface area contributed by atoms with E-state index in [-0.39, 0.29) is 6.04 Å². The summed E-state index contributed by atoms with van der Waals surface area (Å²) < 4.78 is 1.27. The number of hydrogen-bond acceptors (Lipinski definition) is 1. The van der Waals surface area contributed by atoms with Crippen molar-refractivity contribution in [3.05, 3.63) is 46.6 Å². The van der Waals surface area contributed by atoms with E-state index in [4.69, 9.17) is 6.57 Å². The maximum atomic E-state index is 7.00. The van der Waals surface area contributed by atoms with Gasteiger partial charge in [0, 0.05) is 22.6 Å². The Kier molecular flexibility index (Phi) is 2.03. The van der Waals surface area contributed by atoms with Crippen LogP contribution in [0.3, 0.4) is 0 Å². The summed E-state index contributed by atoms with van der Waals surface area (Å²) in [6.07, 6.45) is 0. The molecule has 0 aliphatic heterocycles. The largest absolute Gasteiger partial charge is 0.309 e. The van der Waals surface area contributed by atoms with Gasteiger partial charge in [-0.05, 0) is 17.5 Å². The number of rotatable bonds is 1. The average Bonchev–Trinajstić information content (AvgIpc) is 2.63. The predicted molar refractivity (Wildman–Crippen MR) is 56.8 cm³/mol. The zero-order chi connectivity index (χ0) is 9.26. The van der Waals surface area contributed by atoms with Crippen molar-refractivity contribution in [2.45, 2.75) is 13.0 Å². The van der Waals surface area contributed by atoms with Gasteiger partial charge in [0.05, 0.1) is 0 Å². The van der Waals surface area contributed by atoms with E-state index < -0.39 is 0 Å². The molecule has 1 heterocycles. The van der Waals surface area contributed by atoms with Crippen LogP contribution in [0.1, 0.15) is 18.5 Å². The maximum Gasteiger partial charge on any atom is 0.246 e. The quantitative estimate of drug-likeness (QED) is 0.597. The van der Waals surface area contributed by atoms with E-state index in [1.807, 2.05) is 19.1 Å². The topological polar surface area (TPSA) is 4.36 Å². The molecule has 0 N–H and O–H groups in total. The highest BCUT2D eigenvalue weighted by molar-refractivity contribution is 7.17. The van der Waals surface area contributed by atoms with E-state index in [1.165, 1.54) is 10.1 Å². The number of benzene rings is 1. The van der Waals surface area contributed by atoms with Gasteiger partial charge in [0.2, 0.25) is 6.04 Å². The van der Waals surface area contributed by atoms with Crippen LogP contribution in [0.2, 0.25) is 0 Å². The molecule has 0 saturated heterocycles. The van der Waals surface area contributed by atoms with Gasteiger partial charge in [-0.2, -0.15) is 0 Å². The minimum Gasteiger partial charge on any atom is -0.309 e. The summed E-state index contributed by atoms with van der Waals surface area (Å²) in [5, 5.41) is 3.31.